The van der Waals surface area contributed by atoms with Gasteiger partial charge in [-0.05, 0) is 32.5 Å². The maximum Gasteiger partial charge on any atom is 0.173 e. The summed E-state index contributed by atoms with van der Waals surface area (Å²) in [5, 5.41) is 17.3. The van der Waals surface area contributed by atoms with Crippen molar-refractivity contribution in [1.82, 2.24) is 29.5 Å². The fourth-order valence-corrected chi connectivity index (χ4v) is 3.48. The number of aromatic nitrogens is 5. The van der Waals surface area contributed by atoms with Gasteiger partial charge in [0.1, 0.15) is 35.1 Å². The first kappa shape index (κ1) is 18.9. The molecule has 1 aliphatic rings. The minimum Gasteiger partial charge on any atom is -0.382 e. The molecule has 0 unspecified atom stereocenters. The molecule has 0 aromatic carbocycles. The van der Waals surface area contributed by atoms with E-state index in [2.05, 4.69) is 44.2 Å². The summed E-state index contributed by atoms with van der Waals surface area (Å²) >= 11 is 0. The highest BCUT2D eigenvalue weighted by Gasteiger charge is 2.23. The highest BCUT2D eigenvalue weighted by Crippen LogP contribution is 2.27. The van der Waals surface area contributed by atoms with Gasteiger partial charge >= 0.3 is 0 Å². The Labute approximate surface area is 169 Å². The minimum absolute atomic E-state index is 0.146. The van der Waals surface area contributed by atoms with Gasteiger partial charge in [-0.15, -0.1) is 0 Å². The molecule has 1 atom stereocenters. The zero-order chi connectivity index (χ0) is 20.5. The van der Waals surface area contributed by atoms with Gasteiger partial charge in [-0.2, -0.15) is 10.4 Å². The van der Waals surface area contributed by atoms with Crippen molar-refractivity contribution in [3.63, 3.8) is 0 Å². The topological polar surface area (TPSA) is 124 Å². The van der Waals surface area contributed by atoms with Gasteiger partial charge in [0.05, 0.1) is 6.04 Å². The summed E-state index contributed by atoms with van der Waals surface area (Å²) in [5.74, 6) is 2.07. The van der Waals surface area contributed by atoms with E-state index in [9.17, 15) is 5.26 Å². The first-order chi connectivity index (χ1) is 14.0. The summed E-state index contributed by atoms with van der Waals surface area (Å²) in [6.45, 7) is 7.81. The second-order valence-electron chi connectivity index (χ2n) is 7.34. The third-order valence-corrected chi connectivity index (χ3v) is 5.24. The lowest BCUT2D eigenvalue weighted by molar-refractivity contribution is 0.312. The molecule has 29 heavy (non-hydrogen) atoms. The molecule has 0 amide bonds. The quantitative estimate of drug-likeness (QED) is 0.674. The van der Waals surface area contributed by atoms with Crippen LogP contribution in [0.15, 0.2) is 18.6 Å². The summed E-state index contributed by atoms with van der Waals surface area (Å²) < 4.78 is 1.88. The van der Waals surface area contributed by atoms with Gasteiger partial charge in [0, 0.05) is 32.4 Å². The molecule has 0 bridgehead atoms. The van der Waals surface area contributed by atoms with E-state index >= 15 is 0 Å². The Balaban J connectivity index is 1.71. The van der Waals surface area contributed by atoms with E-state index in [1.165, 1.54) is 6.33 Å². The molecule has 3 aromatic rings. The summed E-state index contributed by atoms with van der Waals surface area (Å²) in [5.41, 5.74) is 8.18. The largest absolute Gasteiger partial charge is 0.382 e. The fourth-order valence-electron chi connectivity index (χ4n) is 3.48. The van der Waals surface area contributed by atoms with Gasteiger partial charge < -0.3 is 20.9 Å². The summed E-state index contributed by atoms with van der Waals surface area (Å²) in [4.78, 5) is 17.6. The Hall–Kier alpha value is -3.45. The average Bonchev–Trinajstić information content (AvgIpc) is 3.09. The molecule has 1 fully saturated rings. The maximum absolute atomic E-state index is 9.37. The lowest BCUT2D eigenvalue weighted by Gasteiger charge is -2.34. The van der Waals surface area contributed by atoms with Crippen LogP contribution in [-0.4, -0.2) is 62.7 Å². The number of nitriles is 1. The van der Waals surface area contributed by atoms with E-state index in [4.69, 9.17) is 10.7 Å². The van der Waals surface area contributed by atoms with Crippen LogP contribution in [0.1, 0.15) is 29.9 Å². The average molecular weight is 392 g/mol. The number of anilines is 3. The number of nitrogen functional groups attached to an aromatic ring is 1. The van der Waals surface area contributed by atoms with E-state index in [1.54, 1.807) is 0 Å². The van der Waals surface area contributed by atoms with Crippen LogP contribution < -0.4 is 16.0 Å². The molecule has 3 N–H and O–H groups in total. The van der Waals surface area contributed by atoms with Gasteiger partial charge in [-0.25, -0.2) is 19.5 Å². The van der Waals surface area contributed by atoms with Crippen LogP contribution in [0.2, 0.25) is 0 Å². The third kappa shape index (κ3) is 3.52. The van der Waals surface area contributed by atoms with Crippen molar-refractivity contribution in [3.8, 4) is 6.07 Å². The van der Waals surface area contributed by atoms with E-state index in [0.29, 0.717) is 11.6 Å². The van der Waals surface area contributed by atoms with E-state index in [-0.39, 0.29) is 17.4 Å². The van der Waals surface area contributed by atoms with Gasteiger partial charge in [0.25, 0.3) is 0 Å². The number of hydrogen-bond donors (Lipinski definition) is 2. The number of likely N-dealkylation sites (N-methyl/N-ethyl adjacent to an activating group) is 1. The number of fused-ring (bicyclic) bond motifs is 1. The Bertz CT molecular complexity index is 1070. The normalized spacial score (nSPS) is 16.0. The Kier molecular flexibility index (Phi) is 4.90. The van der Waals surface area contributed by atoms with Gasteiger partial charge in [-0.3, -0.25) is 0 Å². The molecule has 1 saturated heterocycles. The van der Waals surface area contributed by atoms with Crippen molar-refractivity contribution < 1.29 is 0 Å². The highest BCUT2D eigenvalue weighted by molar-refractivity contribution is 5.73. The molecule has 0 aliphatic carbocycles. The predicted octanol–water partition coefficient (Wildman–Crippen LogP) is 1.21. The molecular weight excluding hydrogens is 368 g/mol. The number of nitrogens with zero attached hydrogens (tertiary/aromatic N) is 8. The van der Waals surface area contributed by atoms with Crippen molar-refractivity contribution >= 4 is 23.0 Å². The van der Waals surface area contributed by atoms with Crippen molar-refractivity contribution in [1.29, 1.82) is 5.26 Å². The SMILES string of the molecule is Cc1ccn2nc([C@H](C)Nc3ncnc(N)c3C#N)nc(N3CCN(C)CC3)c12. The van der Waals surface area contributed by atoms with E-state index < -0.39 is 0 Å². The zero-order valence-electron chi connectivity index (χ0n) is 16.8. The zero-order valence-corrected chi connectivity index (χ0v) is 16.8. The van der Waals surface area contributed by atoms with Crippen molar-refractivity contribution in [2.75, 3.05) is 49.2 Å². The second-order valence-corrected chi connectivity index (χ2v) is 7.34. The molecule has 150 valence electrons. The molecular formula is C19H24N10. The predicted molar refractivity (Wildman–Crippen MR) is 111 cm³/mol. The van der Waals surface area contributed by atoms with Crippen LogP contribution in [0.25, 0.3) is 5.52 Å². The first-order valence-electron chi connectivity index (χ1n) is 9.54. The molecule has 0 spiro atoms. The maximum atomic E-state index is 9.37. The van der Waals surface area contributed by atoms with Crippen LogP contribution in [0.4, 0.5) is 17.5 Å². The summed E-state index contributed by atoms with van der Waals surface area (Å²) in [7, 11) is 2.13. The van der Waals surface area contributed by atoms with Crippen LogP contribution in [0.3, 0.4) is 0 Å². The van der Waals surface area contributed by atoms with Crippen LogP contribution in [-0.2, 0) is 0 Å². The Morgan fingerprint density at radius 3 is 2.72 bits per heavy atom. The highest BCUT2D eigenvalue weighted by atomic mass is 15.3. The van der Waals surface area contributed by atoms with Crippen LogP contribution >= 0.6 is 0 Å². The molecule has 1 aliphatic heterocycles. The summed E-state index contributed by atoms with van der Waals surface area (Å²) in [6.07, 6.45) is 3.28. The van der Waals surface area contributed by atoms with Crippen LogP contribution in [0.5, 0.6) is 0 Å². The standard InChI is InChI=1S/C19H24N10/c1-12-4-5-29-15(12)19(28-8-6-27(3)7-9-28)25-17(26-29)13(2)24-18-14(10-20)16(21)22-11-23-18/h4-5,11,13H,6-9H2,1-3H3,(H3,21,22,23,24)/t13-/m0/s1. The third-order valence-electron chi connectivity index (χ3n) is 5.24. The molecule has 0 radical (unpaired) electrons. The van der Waals surface area contributed by atoms with Gasteiger partial charge in [0.15, 0.2) is 11.6 Å². The number of rotatable bonds is 4. The molecule has 4 rings (SSSR count). The van der Waals surface area contributed by atoms with Crippen molar-refractivity contribution in [2.45, 2.75) is 19.9 Å². The second kappa shape index (κ2) is 7.52. The number of nitrogens with two attached hydrogens (primary N) is 1. The van der Waals surface area contributed by atoms with E-state index in [0.717, 1.165) is 43.1 Å². The fraction of sp³-hybridized carbons (Fsp3) is 0.421. The number of hydrogen-bond acceptors (Lipinski definition) is 9. The molecule has 10 nitrogen and oxygen atoms in total. The number of aryl methyl sites for hydroxylation is 1. The molecule has 10 heteroatoms. The molecule has 4 heterocycles. The number of piperazine rings is 1. The van der Waals surface area contributed by atoms with E-state index in [1.807, 2.05) is 29.8 Å². The first-order valence-corrected chi connectivity index (χ1v) is 9.54. The van der Waals surface area contributed by atoms with Crippen molar-refractivity contribution in [2.24, 2.45) is 0 Å². The lowest BCUT2D eigenvalue weighted by atomic mass is 10.2. The molecule has 3 aromatic heterocycles. The summed E-state index contributed by atoms with van der Waals surface area (Å²) in [6, 6.07) is 3.81. The molecule has 0 saturated carbocycles. The van der Waals surface area contributed by atoms with Gasteiger partial charge in [0.2, 0.25) is 0 Å². The van der Waals surface area contributed by atoms with Crippen LogP contribution in [0, 0.1) is 18.3 Å². The monoisotopic (exact) mass is 392 g/mol. The van der Waals surface area contributed by atoms with Gasteiger partial charge in [-0.1, -0.05) is 0 Å². The lowest BCUT2D eigenvalue weighted by Crippen LogP contribution is -2.45. The Morgan fingerprint density at radius 2 is 2.00 bits per heavy atom. The number of nitrogens with one attached hydrogen (secondary N) is 1. The van der Waals surface area contributed by atoms with Crippen molar-refractivity contribution in [3.05, 3.63) is 35.5 Å². The smallest absolute Gasteiger partial charge is 0.173 e. The Morgan fingerprint density at radius 1 is 1.24 bits per heavy atom. The minimum atomic E-state index is -0.283.